The molecule has 2 heterocycles. The third kappa shape index (κ3) is 34.6. The van der Waals surface area contributed by atoms with Crippen LogP contribution in [0.2, 0.25) is 0 Å². The molecule has 1 fully saturated rings. The van der Waals surface area contributed by atoms with Gasteiger partial charge in [-0.05, 0) is 44.2 Å². The Balaban J connectivity index is -0.000000677. The minimum absolute atomic E-state index is 0.0416. The largest absolute Gasteiger partial charge is 0.481 e. The minimum atomic E-state index is -0.945. The van der Waals surface area contributed by atoms with Crippen molar-refractivity contribution < 1.29 is 87.7 Å². The summed E-state index contributed by atoms with van der Waals surface area (Å²) in [5.74, 6) is -2.22. The van der Waals surface area contributed by atoms with Crippen molar-refractivity contribution in [3.05, 3.63) is 24.5 Å². The summed E-state index contributed by atoms with van der Waals surface area (Å²) >= 11 is 0. The van der Waals surface area contributed by atoms with Crippen LogP contribution in [0.5, 0.6) is 0 Å². The number of carbonyl (C=O) groups excluding carboxylic acids is 3. The number of aliphatic hydroxyl groups is 5. The van der Waals surface area contributed by atoms with E-state index >= 15 is 0 Å². The van der Waals surface area contributed by atoms with E-state index < -0.39 is 30.8 Å². The fourth-order valence-corrected chi connectivity index (χ4v) is 3.82. The predicted octanol–water partition coefficient (Wildman–Crippen LogP) is 1.41. The van der Waals surface area contributed by atoms with Crippen LogP contribution in [0.1, 0.15) is 78.6 Å². The molecule has 20 heteroatoms. The van der Waals surface area contributed by atoms with E-state index in [0.717, 1.165) is 0 Å². The van der Waals surface area contributed by atoms with E-state index in [4.69, 9.17) is 63.8 Å². The number of nitrogens with zero attached hydrogens (tertiary/aromatic N) is 2. The Kier molecular flexibility index (Phi) is 41.0. The maximum atomic E-state index is 11.3. The molecule has 1 aliphatic rings. The highest BCUT2D eigenvalue weighted by molar-refractivity contribution is 5.87. The number of anilines is 1. The van der Waals surface area contributed by atoms with Gasteiger partial charge in [-0.3, -0.25) is 24.2 Å². The van der Waals surface area contributed by atoms with E-state index in [9.17, 15) is 19.2 Å². The molecule has 58 heavy (non-hydrogen) atoms. The Morgan fingerprint density at radius 1 is 0.707 bits per heavy atom. The highest BCUT2D eigenvalue weighted by atomic mass is 16.7. The molecule has 0 spiro atoms. The molecule has 2 rings (SSSR count). The number of hydrogen-bond donors (Lipinski definition) is 6. The first kappa shape index (κ1) is 58.9. The van der Waals surface area contributed by atoms with Gasteiger partial charge in [0.15, 0.2) is 18.9 Å². The number of esters is 3. The van der Waals surface area contributed by atoms with E-state index in [2.05, 4.69) is 9.72 Å². The van der Waals surface area contributed by atoms with Crippen molar-refractivity contribution in [2.75, 3.05) is 80.0 Å². The number of aliphatic hydroxyl groups excluding tert-OH is 5. The lowest BCUT2D eigenvalue weighted by Gasteiger charge is -2.21. The minimum Gasteiger partial charge on any atom is -0.481 e. The van der Waals surface area contributed by atoms with Crippen molar-refractivity contribution >= 4 is 29.6 Å². The van der Waals surface area contributed by atoms with Crippen molar-refractivity contribution in [3.8, 4) is 0 Å². The number of carboxylic acid groups (broad SMARTS) is 1. The standard InChI is InChI=1S/C12H22O7.C7H10N2.2C7H16O4.C5H6O3/c1-3-9(7-13)19-12(17-2)8-18-11(16)6-4-5-10(14)15;1-9(2)7-3-5-8-6-4-7;2*1-3-6(4-8)11-7(5-9)10-2;6-4-2-1-3-5(7)8-4/h9,12-13H,3-8H2,1-2H3,(H,14,15);3-6H,1-2H3;2*6-9H,3-5H2,1-2H3;1-3H2. The third-order valence-electron chi connectivity index (χ3n) is 7.42. The van der Waals surface area contributed by atoms with Crippen molar-refractivity contribution in [1.82, 2.24) is 4.98 Å². The zero-order valence-corrected chi connectivity index (χ0v) is 35.4. The number of pyridine rings is 1. The topological polar surface area (TPSA) is 280 Å². The van der Waals surface area contributed by atoms with Crippen LogP contribution >= 0.6 is 0 Å². The molecule has 0 saturated carbocycles. The van der Waals surface area contributed by atoms with Gasteiger partial charge in [-0.2, -0.15) is 0 Å². The Morgan fingerprint density at radius 3 is 1.40 bits per heavy atom. The lowest BCUT2D eigenvalue weighted by atomic mass is 10.2. The van der Waals surface area contributed by atoms with Crippen LogP contribution in [0.25, 0.3) is 0 Å². The Hall–Kier alpha value is -3.41. The molecule has 1 aromatic rings. The summed E-state index contributed by atoms with van der Waals surface area (Å²) in [7, 11) is 8.33. The summed E-state index contributed by atoms with van der Waals surface area (Å²) in [4.78, 5) is 48.0. The SMILES string of the molecule is CCC(CO)OC(CO)OC.CCC(CO)OC(CO)OC.CCC(CO)OC(COC(=O)CCCC(=O)O)OC.CN(C)c1ccncc1.O=C1CCCC(=O)O1. The maximum absolute atomic E-state index is 11.3. The summed E-state index contributed by atoms with van der Waals surface area (Å²) in [5, 5.41) is 52.1. The maximum Gasteiger partial charge on any atom is 0.313 e. The number of carboxylic acids is 1. The molecule has 0 aromatic carbocycles. The Labute approximate surface area is 342 Å². The molecule has 0 amide bonds. The first-order valence-electron chi connectivity index (χ1n) is 19.0. The zero-order valence-electron chi connectivity index (χ0n) is 35.4. The van der Waals surface area contributed by atoms with E-state index in [1.54, 1.807) is 12.4 Å². The fraction of sp³-hybridized carbons (Fsp3) is 0.763. The molecular weight excluding hydrogens is 772 g/mol. The van der Waals surface area contributed by atoms with Gasteiger partial charge >= 0.3 is 23.9 Å². The van der Waals surface area contributed by atoms with Crippen LogP contribution in [0, 0.1) is 0 Å². The van der Waals surface area contributed by atoms with Gasteiger partial charge < -0.3 is 73.4 Å². The third-order valence-corrected chi connectivity index (χ3v) is 7.42. The smallest absolute Gasteiger partial charge is 0.313 e. The quantitative estimate of drug-likeness (QED) is 0.0487. The van der Waals surface area contributed by atoms with E-state index in [1.807, 2.05) is 51.9 Å². The normalized spacial score (nSPS) is 15.0. The monoisotopic (exact) mass is 842 g/mol. The molecule has 1 saturated heterocycles. The van der Waals surface area contributed by atoms with E-state index in [0.29, 0.717) is 38.5 Å². The highest BCUT2D eigenvalue weighted by Crippen LogP contribution is 2.08. The fourth-order valence-electron chi connectivity index (χ4n) is 3.82. The number of cyclic esters (lactones) is 2. The number of rotatable bonds is 24. The van der Waals surface area contributed by atoms with Crippen molar-refractivity contribution in [1.29, 1.82) is 0 Å². The van der Waals surface area contributed by atoms with Gasteiger partial charge in [0.25, 0.3) is 0 Å². The summed E-state index contributed by atoms with van der Waals surface area (Å²) in [6, 6.07) is 3.94. The number of aromatic nitrogens is 1. The van der Waals surface area contributed by atoms with Gasteiger partial charge in [-0.1, -0.05) is 20.8 Å². The molecule has 0 radical (unpaired) electrons. The van der Waals surface area contributed by atoms with Crippen LogP contribution in [-0.4, -0.2) is 172 Å². The molecule has 1 aliphatic heterocycles. The van der Waals surface area contributed by atoms with Gasteiger partial charge in [-0.15, -0.1) is 0 Å². The number of carbonyl (C=O) groups is 4. The second-order valence-electron chi connectivity index (χ2n) is 12.1. The molecular formula is C38H70N2O18. The summed E-state index contributed by atoms with van der Waals surface area (Å²) in [5.41, 5.74) is 1.19. The van der Waals surface area contributed by atoms with Crippen molar-refractivity contribution in [3.63, 3.8) is 0 Å². The molecule has 340 valence electrons. The van der Waals surface area contributed by atoms with Crippen LogP contribution < -0.4 is 4.90 Å². The van der Waals surface area contributed by atoms with Gasteiger partial charge in [0.1, 0.15) is 6.61 Å². The van der Waals surface area contributed by atoms with Crippen LogP contribution in [0.4, 0.5) is 5.69 Å². The van der Waals surface area contributed by atoms with Gasteiger partial charge in [0.05, 0.1) is 51.3 Å². The van der Waals surface area contributed by atoms with E-state index in [-0.39, 0.29) is 89.2 Å². The van der Waals surface area contributed by atoms with Crippen LogP contribution in [0.3, 0.4) is 0 Å². The number of ether oxygens (including phenoxy) is 8. The first-order valence-corrected chi connectivity index (χ1v) is 19.0. The molecule has 0 bridgehead atoms. The predicted molar refractivity (Wildman–Crippen MR) is 209 cm³/mol. The number of methoxy groups -OCH3 is 3. The second-order valence-corrected chi connectivity index (χ2v) is 12.1. The molecule has 20 nitrogen and oxygen atoms in total. The lowest BCUT2D eigenvalue weighted by Crippen LogP contribution is -2.30. The van der Waals surface area contributed by atoms with Crippen molar-refractivity contribution in [2.45, 2.75) is 116 Å². The average molecular weight is 843 g/mol. The second kappa shape index (κ2) is 40.4. The Morgan fingerprint density at radius 2 is 1.12 bits per heavy atom. The summed E-state index contributed by atoms with van der Waals surface area (Å²) < 4.78 is 39.2. The van der Waals surface area contributed by atoms with Crippen LogP contribution in [-0.2, 0) is 57.1 Å². The molecule has 6 atom stereocenters. The van der Waals surface area contributed by atoms with Crippen molar-refractivity contribution in [2.24, 2.45) is 0 Å². The highest BCUT2D eigenvalue weighted by Gasteiger charge is 2.18. The average Bonchev–Trinajstić information content (AvgIpc) is 3.23. The summed E-state index contributed by atoms with van der Waals surface area (Å²) in [6.45, 7) is 4.95. The molecule has 1 aromatic heterocycles. The molecule has 6 unspecified atom stereocenters. The van der Waals surface area contributed by atoms with Gasteiger partial charge in [-0.25, -0.2) is 0 Å². The Bertz CT molecular complexity index is 1060. The number of hydrogen-bond acceptors (Lipinski definition) is 19. The zero-order chi connectivity index (χ0) is 44.7. The van der Waals surface area contributed by atoms with Gasteiger partial charge in [0, 0.05) is 79.2 Å². The van der Waals surface area contributed by atoms with Gasteiger partial charge in [0.2, 0.25) is 0 Å². The lowest BCUT2D eigenvalue weighted by molar-refractivity contribution is -0.194. The molecule has 6 N–H and O–H groups in total. The first-order chi connectivity index (χ1) is 27.7. The van der Waals surface area contributed by atoms with E-state index in [1.165, 1.54) is 27.0 Å². The van der Waals surface area contributed by atoms with Crippen LogP contribution in [0.15, 0.2) is 24.5 Å². The molecule has 0 aliphatic carbocycles. The summed E-state index contributed by atoms with van der Waals surface area (Å²) in [6.07, 6.45) is 4.42. The number of aliphatic carboxylic acids is 1.